The van der Waals surface area contributed by atoms with Gasteiger partial charge in [0.15, 0.2) is 11.5 Å². The number of carbonyl (C=O) groups excluding carboxylic acids is 2. The zero-order valence-electron chi connectivity index (χ0n) is 16.3. The Balaban J connectivity index is 2.31. The highest BCUT2D eigenvalue weighted by Gasteiger charge is 2.19. The summed E-state index contributed by atoms with van der Waals surface area (Å²) < 4.78 is 10.5. The van der Waals surface area contributed by atoms with Crippen LogP contribution in [-0.4, -0.2) is 30.5 Å². The fraction of sp³-hybridized carbons (Fsp3) is 0.0952. The zero-order valence-corrected chi connectivity index (χ0v) is 17.0. The van der Waals surface area contributed by atoms with Crippen LogP contribution in [0.15, 0.2) is 54.6 Å². The number of non-ortho nitro benzene ring substituents is 1. The van der Waals surface area contributed by atoms with E-state index < -0.39 is 16.8 Å². The highest BCUT2D eigenvalue weighted by Crippen LogP contribution is 2.31. The molecule has 0 bridgehead atoms. The monoisotopic (exact) mass is 441 g/mol. The number of amides is 1. The van der Waals surface area contributed by atoms with Gasteiger partial charge in [0.1, 0.15) is 11.6 Å². The van der Waals surface area contributed by atoms with Crippen molar-refractivity contribution >= 4 is 35.2 Å². The molecule has 0 aliphatic carbocycles. The van der Waals surface area contributed by atoms with E-state index in [1.807, 2.05) is 0 Å². The zero-order chi connectivity index (χ0) is 23.0. The summed E-state index contributed by atoms with van der Waals surface area (Å²) >= 11 is 5.96. The molecule has 31 heavy (non-hydrogen) atoms. The van der Waals surface area contributed by atoms with Crippen LogP contribution in [0.3, 0.4) is 0 Å². The van der Waals surface area contributed by atoms with Crippen LogP contribution in [0, 0.1) is 21.4 Å². The first-order chi connectivity index (χ1) is 14.8. The summed E-state index contributed by atoms with van der Waals surface area (Å²) in [6.07, 6.45) is 2.82. The first kappa shape index (κ1) is 23.1. The number of nitriles is 1. The number of benzene rings is 2. The van der Waals surface area contributed by atoms with Crippen LogP contribution in [0.4, 0.5) is 5.69 Å². The number of hydrogen-bond acceptors (Lipinski definition) is 7. The van der Waals surface area contributed by atoms with Crippen LogP contribution >= 0.6 is 11.6 Å². The maximum absolute atomic E-state index is 12.5. The molecule has 9 nitrogen and oxygen atoms in total. The van der Waals surface area contributed by atoms with Gasteiger partial charge in [0.2, 0.25) is 0 Å². The molecule has 158 valence electrons. The van der Waals surface area contributed by atoms with Crippen molar-refractivity contribution in [1.29, 1.82) is 5.26 Å². The summed E-state index contributed by atoms with van der Waals surface area (Å²) in [5.41, 5.74) is -0.206. The second-order valence-corrected chi connectivity index (χ2v) is 6.30. The van der Waals surface area contributed by atoms with Crippen molar-refractivity contribution in [2.45, 2.75) is 0 Å². The average molecular weight is 442 g/mol. The molecule has 0 fully saturated rings. The maximum Gasteiger partial charge on any atom is 0.345 e. The first-order valence-electron chi connectivity index (χ1n) is 8.65. The number of halogens is 1. The van der Waals surface area contributed by atoms with Gasteiger partial charge >= 0.3 is 5.97 Å². The molecule has 1 amide bonds. The Bertz CT molecular complexity index is 1120. The van der Waals surface area contributed by atoms with E-state index in [0.29, 0.717) is 5.56 Å². The van der Waals surface area contributed by atoms with Gasteiger partial charge < -0.3 is 14.8 Å². The van der Waals surface area contributed by atoms with Crippen LogP contribution in [-0.2, 0) is 4.79 Å². The predicted molar refractivity (Wildman–Crippen MR) is 113 cm³/mol. The fourth-order valence-electron chi connectivity index (χ4n) is 2.37. The van der Waals surface area contributed by atoms with Gasteiger partial charge in [-0.3, -0.25) is 14.9 Å². The van der Waals surface area contributed by atoms with E-state index in [9.17, 15) is 25.0 Å². The Morgan fingerprint density at radius 3 is 2.65 bits per heavy atom. The Hall–Kier alpha value is -4.16. The lowest BCUT2D eigenvalue weighted by molar-refractivity contribution is -0.384. The smallest absolute Gasteiger partial charge is 0.345 e. The Labute approximate surface area is 182 Å². The van der Waals surface area contributed by atoms with Crippen molar-refractivity contribution in [2.24, 2.45) is 0 Å². The Kier molecular flexibility index (Phi) is 7.88. The number of nitrogens with zero attached hydrogens (tertiary/aromatic N) is 2. The maximum atomic E-state index is 12.5. The SMILES string of the molecule is C=CCNC(=O)/C(C#N)=C/c1ccc(OC(=O)c2cc([N+](=O)[O-])ccc2Cl)c(OC)c1. The molecule has 0 radical (unpaired) electrons. The van der Waals surface area contributed by atoms with E-state index in [1.54, 1.807) is 6.07 Å². The fourth-order valence-corrected chi connectivity index (χ4v) is 2.57. The molecule has 0 aliphatic heterocycles. The van der Waals surface area contributed by atoms with Crippen molar-refractivity contribution in [3.05, 3.63) is 80.9 Å². The number of ether oxygens (including phenoxy) is 2. The summed E-state index contributed by atoms with van der Waals surface area (Å²) in [6.45, 7) is 3.69. The number of nitro groups is 1. The van der Waals surface area contributed by atoms with Gasteiger partial charge in [0, 0.05) is 18.7 Å². The number of nitrogens with one attached hydrogen (secondary N) is 1. The Morgan fingerprint density at radius 1 is 1.29 bits per heavy atom. The van der Waals surface area contributed by atoms with Gasteiger partial charge in [-0.15, -0.1) is 6.58 Å². The lowest BCUT2D eigenvalue weighted by atomic mass is 10.1. The summed E-state index contributed by atoms with van der Waals surface area (Å²) in [7, 11) is 1.34. The molecular formula is C21H16ClN3O6. The highest BCUT2D eigenvalue weighted by molar-refractivity contribution is 6.33. The number of carbonyl (C=O) groups is 2. The summed E-state index contributed by atoms with van der Waals surface area (Å²) in [6, 6.07) is 9.55. The molecule has 2 aromatic rings. The largest absolute Gasteiger partial charge is 0.493 e. The summed E-state index contributed by atoms with van der Waals surface area (Å²) in [5, 5.41) is 22.6. The van der Waals surface area contributed by atoms with Crippen LogP contribution < -0.4 is 14.8 Å². The molecule has 10 heteroatoms. The molecule has 0 aromatic heterocycles. The number of esters is 1. The molecule has 0 aliphatic rings. The number of nitro benzene ring substituents is 1. The van der Waals surface area contributed by atoms with Crippen LogP contribution in [0.1, 0.15) is 15.9 Å². The van der Waals surface area contributed by atoms with E-state index in [0.717, 1.165) is 6.07 Å². The third-order valence-electron chi connectivity index (χ3n) is 3.85. The van der Waals surface area contributed by atoms with Crippen molar-refractivity contribution in [1.82, 2.24) is 5.32 Å². The van der Waals surface area contributed by atoms with Gasteiger partial charge in [-0.1, -0.05) is 23.7 Å². The van der Waals surface area contributed by atoms with Crippen molar-refractivity contribution in [2.75, 3.05) is 13.7 Å². The predicted octanol–water partition coefficient (Wildman–Crippen LogP) is 3.69. The van der Waals surface area contributed by atoms with E-state index in [1.165, 1.54) is 49.6 Å². The standard InChI is InChI=1S/C21H16ClN3O6/c1-3-8-24-20(26)14(12-23)9-13-4-7-18(19(10-13)30-2)31-21(27)16-11-15(25(28)29)5-6-17(16)22/h3-7,9-11H,1,8H2,2H3,(H,24,26)/b14-9+. The minimum absolute atomic E-state index is 0.0154. The molecule has 0 atom stereocenters. The number of methoxy groups -OCH3 is 1. The molecule has 1 N–H and O–H groups in total. The molecule has 2 aromatic carbocycles. The van der Waals surface area contributed by atoms with E-state index in [2.05, 4.69) is 11.9 Å². The van der Waals surface area contributed by atoms with Crippen LogP contribution in [0.25, 0.3) is 6.08 Å². The molecule has 2 rings (SSSR count). The van der Waals surface area contributed by atoms with Gasteiger partial charge in [-0.25, -0.2) is 4.79 Å². The third kappa shape index (κ3) is 5.91. The quantitative estimate of drug-likeness (QED) is 0.126. The minimum atomic E-state index is -0.920. The normalized spacial score (nSPS) is 10.5. The van der Waals surface area contributed by atoms with Crippen LogP contribution in [0.5, 0.6) is 11.5 Å². The van der Waals surface area contributed by atoms with Gasteiger partial charge in [-0.2, -0.15) is 5.26 Å². The van der Waals surface area contributed by atoms with Crippen molar-refractivity contribution in [3.63, 3.8) is 0 Å². The average Bonchev–Trinajstić information content (AvgIpc) is 2.76. The van der Waals surface area contributed by atoms with E-state index in [4.69, 9.17) is 21.1 Å². The van der Waals surface area contributed by atoms with Gasteiger partial charge in [-0.05, 0) is 29.8 Å². The van der Waals surface area contributed by atoms with E-state index >= 15 is 0 Å². The minimum Gasteiger partial charge on any atom is -0.493 e. The van der Waals surface area contributed by atoms with Crippen molar-refractivity contribution < 1.29 is 24.0 Å². The van der Waals surface area contributed by atoms with Crippen LogP contribution in [0.2, 0.25) is 5.02 Å². The van der Waals surface area contributed by atoms with E-state index in [-0.39, 0.29) is 39.9 Å². The molecular weight excluding hydrogens is 426 g/mol. The van der Waals surface area contributed by atoms with Gasteiger partial charge in [0.25, 0.3) is 11.6 Å². The van der Waals surface area contributed by atoms with Crippen molar-refractivity contribution in [3.8, 4) is 17.6 Å². The lowest BCUT2D eigenvalue weighted by Gasteiger charge is -2.11. The number of rotatable bonds is 8. The second kappa shape index (κ2) is 10.6. The van der Waals surface area contributed by atoms with Gasteiger partial charge in [0.05, 0.1) is 22.6 Å². The highest BCUT2D eigenvalue weighted by atomic mass is 35.5. The first-order valence-corrected chi connectivity index (χ1v) is 9.03. The molecule has 0 unspecified atom stereocenters. The molecule has 0 saturated heterocycles. The second-order valence-electron chi connectivity index (χ2n) is 5.89. The topological polar surface area (TPSA) is 132 Å². The molecule has 0 spiro atoms. The summed E-state index contributed by atoms with van der Waals surface area (Å²) in [4.78, 5) is 34.7. The Morgan fingerprint density at radius 2 is 2.03 bits per heavy atom. The molecule has 0 saturated carbocycles. The summed E-state index contributed by atoms with van der Waals surface area (Å²) in [5.74, 6) is -1.34. The lowest BCUT2D eigenvalue weighted by Crippen LogP contribution is -2.24. The number of hydrogen-bond donors (Lipinski definition) is 1. The third-order valence-corrected chi connectivity index (χ3v) is 4.18. The molecule has 0 heterocycles.